The Balaban J connectivity index is 1.90. The van der Waals surface area contributed by atoms with Gasteiger partial charge in [-0.05, 0) is 29.5 Å². The second-order valence-corrected chi connectivity index (χ2v) is 3.59. The largest absolute Gasteiger partial charge is 0.497 e. The van der Waals surface area contributed by atoms with Crippen molar-refractivity contribution in [3.05, 3.63) is 30.1 Å². The predicted octanol–water partition coefficient (Wildman–Crippen LogP) is 0.345. The summed E-state index contributed by atoms with van der Waals surface area (Å²) in [5.41, 5.74) is 0. The molecule has 0 bridgehead atoms. The number of carboxylic acids is 1. The van der Waals surface area contributed by atoms with Crippen LogP contribution in [0.4, 0.5) is 0 Å². The second-order valence-electron chi connectivity index (χ2n) is 3.59. The fourth-order valence-corrected chi connectivity index (χ4v) is 1.34. The number of nitrogens with zero attached hydrogens (tertiary/aromatic N) is 4. The van der Waals surface area contributed by atoms with Gasteiger partial charge in [0.15, 0.2) is 13.2 Å². The van der Waals surface area contributed by atoms with Gasteiger partial charge in [-0.25, -0.2) is 0 Å². The number of aliphatic carboxylic acids is 1. The Hall–Kier alpha value is -2.64. The zero-order chi connectivity index (χ0) is 13.7. The highest BCUT2D eigenvalue weighted by molar-refractivity contribution is 5.66. The molecule has 0 radical (unpaired) electrons. The van der Waals surface area contributed by atoms with E-state index in [9.17, 15) is 4.79 Å². The van der Waals surface area contributed by atoms with Crippen LogP contribution in [0.2, 0.25) is 0 Å². The van der Waals surface area contributed by atoms with Gasteiger partial charge in [-0.3, -0.25) is 4.79 Å². The Morgan fingerprint density at radius 2 is 2.00 bits per heavy atom. The van der Waals surface area contributed by atoms with Crippen LogP contribution in [-0.2, 0) is 17.9 Å². The molecule has 0 aliphatic heterocycles. The van der Waals surface area contributed by atoms with Gasteiger partial charge in [0.2, 0.25) is 5.82 Å². The highest BCUT2D eigenvalue weighted by atomic mass is 16.5. The third kappa shape index (κ3) is 3.66. The standard InChI is InChI=1S/C11H12N4O4/c1-18-8-2-4-9(5-3-8)19-7-10-12-14-15(13-10)6-11(16)17/h2-5H,6-7H2,1H3,(H,16,17). The van der Waals surface area contributed by atoms with E-state index in [1.807, 2.05) is 0 Å². The first-order chi connectivity index (χ1) is 9.17. The quantitative estimate of drug-likeness (QED) is 0.803. The summed E-state index contributed by atoms with van der Waals surface area (Å²) in [5, 5.41) is 19.7. The average molecular weight is 264 g/mol. The zero-order valence-electron chi connectivity index (χ0n) is 10.2. The molecular weight excluding hydrogens is 252 g/mol. The molecule has 0 unspecified atom stereocenters. The van der Waals surface area contributed by atoms with Crippen molar-refractivity contribution in [3.8, 4) is 11.5 Å². The van der Waals surface area contributed by atoms with E-state index in [1.165, 1.54) is 0 Å². The van der Waals surface area contributed by atoms with E-state index in [4.69, 9.17) is 14.6 Å². The van der Waals surface area contributed by atoms with E-state index in [1.54, 1.807) is 31.4 Å². The monoisotopic (exact) mass is 264 g/mol. The number of ether oxygens (including phenoxy) is 2. The lowest BCUT2D eigenvalue weighted by Crippen LogP contribution is -2.12. The number of rotatable bonds is 6. The molecule has 0 atom stereocenters. The molecule has 0 aliphatic carbocycles. The SMILES string of the molecule is COc1ccc(OCc2nnn(CC(=O)O)n2)cc1. The molecule has 0 spiro atoms. The Labute approximate surface area is 108 Å². The third-order valence-corrected chi connectivity index (χ3v) is 2.20. The molecule has 1 N–H and O–H groups in total. The summed E-state index contributed by atoms with van der Waals surface area (Å²) in [7, 11) is 1.58. The molecule has 0 aliphatic rings. The number of tetrazole rings is 1. The maximum absolute atomic E-state index is 10.4. The maximum Gasteiger partial charge on any atom is 0.327 e. The van der Waals surface area contributed by atoms with Gasteiger partial charge in [0.25, 0.3) is 0 Å². The van der Waals surface area contributed by atoms with Gasteiger partial charge < -0.3 is 14.6 Å². The van der Waals surface area contributed by atoms with Crippen LogP contribution in [0.1, 0.15) is 5.82 Å². The minimum Gasteiger partial charge on any atom is -0.497 e. The van der Waals surface area contributed by atoms with Crippen LogP contribution in [0.3, 0.4) is 0 Å². The summed E-state index contributed by atoms with van der Waals surface area (Å²) in [4.78, 5) is 11.4. The lowest BCUT2D eigenvalue weighted by atomic mass is 10.3. The van der Waals surface area contributed by atoms with Crippen molar-refractivity contribution in [2.45, 2.75) is 13.2 Å². The fraction of sp³-hybridized carbons (Fsp3) is 0.273. The van der Waals surface area contributed by atoms with Crippen LogP contribution in [0.25, 0.3) is 0 Å². The van der Waals surface area contributed by atoms with Gasteiger partial charge in [0, 0.05) is 0 Å². The van der Waals surface area contributed by atoms with E-state index in [0.717, 1.165) is 10.5 Å². The summed E-state index contributed by atoms with van der Waals surface area (Å²) in [6.45, 7) is -0.207. The van der Waals surface area contributed by atoms with Crippen LogP contribution in [0.5, 0.6) is 11.5 Å². The van der Waals surface area contributed by atoms with Gasteiger partial charge in [0.1, 0.15) is 11.5 Å². The van der Waals surface area contributed by atoms with Crippen molar-refractivity contribution >= 4 is 5.97 Å². The summed E-state index contributed by atoms with van der Waals surface area (Å²) in [5.74, 6) is 0.658. The minimum absolute atomic E-state index is 0.117. The van der Waals surface area contributed by atoms with E-state index >= 15 is 0 Å². The summed E-state index contributed by atoms with van der Waals surface area (Å²) < 4.78 is 10.5. The molecule has 8 nitrogen and oxygen atoms in total. The fourth-order valence-electron chi connectivity index (χ4n) is 1.34. The lowest BCUT2D eigenvalue weighted by Gasteiger charge is -2.04. The Morgan fingerprint density at radius 1 is 1.32 bits per heavy atom. The van der Waals surface area contributed by atoms with Crippen molar-refractivity contribution in [2.75, 3.05) is 7.11 Å². The van der Waals surface area contributed by atoms with Gasteiger partial charge in [-0.2, -0.15) is 4.80 Å². The Morgan fingerprint density at radius 3 is 2.63 bits per heavy atom. The topological polar surface area (TPSA) is 99.4 Å². The molecule has 19 heavy (non-hydrogen) atoms. The van der Waals surface area contributed by atoms with Crippen LogP contribution < -0.4 is 9.47 Å². The number of benzene rings is 1. The first-order valence-corrected chi connectivity index (χ1v) is 5.42. The number of carbonyl (C=O) groups is 1. The van der Waals surface area contributed by atoms with E-state index in [-0.39, 0.29) is 13.2 Å². The molecule has 0 amide bonds. The normalized spacial score (nSPS) is 10.2. The number of aromatic nitrogens is 4. The zero-order valence-corrected chi connectivity index (χ0v) is 10.2. The molecule has 1 aromatic carbocycles. The molecule has 100 valence electrons. The molecule has 1 aromatic heterocycles. The van der Waals surface area contributed by atoms with Gasteiger partial charge in [-0.15, -0.1) is 10.2 Å². The second kappa shape index (κ2) is 5.80. The first-order valence-electron chi connectivity index (χ1n) is 5.42. The van der Waals surface area contributed by atoms with Crippen molar-refractivity contribution < 1.29 is 19.4 Å². The molecule has 1 heterocycles. The van der Waals surface area contributed by atoms with Crippen LogP contribution >= 0.6 is 0 Å². The van der Waals surface area contributed by atoms with E-state index in [0.29, 0.717) is 11.6 Å². The van der Waals surface area contributed by atoms with Gasteiger partial charge in [-0.1, -0.05) is 0 Å². The maximum atomic E-state index is 10.4. The predicted molar refractivity (Wildman–Crippen MR) is 62.8 cm³/mol. The lowest BCUT2D eigenvalue weighted by molar-refractivity contribution is -0.138. The molecule has 0 saturated heterocycles. The molecule has 0 fully saturated rings. The number of hydrogen-bond donors (Lipinski definition) is 1. The minimum atomic E-state index is -1.03. The smallest absolute Gasteiger partial charge is 0.327 e. The highest BCUT2D eigenvalue weighted by Gasteiger charge is 2.06. The average Bonchev–Trinajstić information content (AvgIpc) is 2.84. The first kappa shape index (κ1) is 12.8. The Bertz CT molecular complexity index is 552. The van der Waals surface area contributed by atoms with Crippen molar-refractivity contribution in [1.29, 1.82) is 0 Å². The molecular formula is C11H12N4O4. The molecule has 2 aromatic rings. The number of methoxy groups -OCH3 is 1. The van der Waals surface area contributed by atoms with Crippen LogP contribution in [0.15, 0.2) is 24.3 Å². The van der Waals surface area contributed by atoms with Crippen molar-refractivity contribution in [3.63, 3.8) is 0 Å². The van der Waals surface area contributed by atoms with Gasteiger partial charge in [0.05, 0.1) is 7.11 Å². The third-order valence-electron chi connectivity index (χ3n) is 2.20. The number of hydrogen-bond acceptors (Lipinski definition) is 6. The van der Waals surface area contributed by atoms with Crippen molar-refractivity contribution in [2.24, 2.45) is 0 Å². The van der Waals surface area contributed by atoms with E-state index in [2.05, 4.69) is 15.4 Å². The molecule has 0 saturated carbocycles. The highest BCUT2D eigenvalue weighted by Crippen LogP contribution is 2.17. The van der Waals surface area contributed by atoms with Crippen molar-refractivity contribution in [1.82, 2.24) is 20.2 Å². The number of carboxylic acid groups (broad SMARTS) is 1. The molecule has 8 heteroatoms. The Kier molecular flexibility index (Phi) is 3.91. The van der Waals surface area contributed by atoms with Gasteiger partial charge >= 0.3 is 5.97 Å². The van der Waals surface area contributed by atoms with Crippen LogP contribution in [0, 0.1) is 0 Å². The molecule has 2 rings (SSSR count). The summed E-state index contributed by atoms with van der Waals surface area (Å²) in [6.07, 6.45) is 0. The summed E-state index contributed by atoms with van der Waals surface area (Å²) in [6, 6.07) is 7.04. The van der Waals surface area contributed by atoms with Crippen LogP contribution in [-0.4, -0.2) is 38.4 Å². The van der Waals surface area contributed by atoms with E-state index < -0.39 is 5.97 Å². The summed E-state index contributed by atoms with van der Waals surface area (Å²) >= 11 is 0.